The number of hydrogen-bond donors (Lipinski definition) is 0. The van der Waals surface area contributed by atoms with Crippen LogP contribution in [0.3, 0.4) is 0 Å². The van der Waals surface area contributed by atoms with Crippen LogP contribution in [0.1, 0.15) is 0 Å². The van der Waals surface area contributed by atoms with Crippen LogP contribution in [0.2, 0.25) is 5.02 Å². The largest absolute Gasteiger partial charge is 0.0819 e. The maximum atomic E-state index is 6.13. The Hall–Kier alpha value is 3.16. The molecule has 6 heteroatoms. The van der Waals surface area contributed by atoms with Gasteiger partial charge in [-0.2, -0.15) is 0 Å². The highest BCUT2D eigenvalue weighted by Gasteiger charge is 2.15. The van der Waals surface area contributed by atoms with Gasteiger partial charge in [-0.1, -0.05) is 11.6 Å². The van der Waals surface area contributed by atoms with Gasteiger partial charge in [-0.3, -0.25) is 0 Å². The third-order valence-corrected chi connectivity index (χ3v) is 11.7. The van der Waals surface area contributed by atoms with E-state index in [9.17, 15) is 0 Å². The van der Waals surface area contributed by atoms with E-state index in [1.165, 1.54) is 10.7 Å². The summed E-state index contributed by atoms with van der Waals surface area (Å²) in [6, 6.07) is 0. The molecule has 0 aliphatic rings. The Labute approximate surface area is 144 Å². The molecule has 0 fully saturated rings. The lowest BCUT2D eigenvalue weighted by Crippen LogP contribution is -1.95. The summed E-state index contributed by atoms with van der Waals surface area (Å²) in [5.74, 6) is 0. The molecule has 1 rings (SSSR count). The van der Waals surface area contributed by atoms with Crippen molar-refractivity contribution in [3.63, 3.8) is 0 Å². The minimum Gasteiger partial charge on any atom is -0.0819 e. The van der Waals surface area contributed by atoms with Gasteiger partial charge in [-0.15, -0.1) is 0 Å². The molecule has 0 nitrogen and oxygen atoms in total. The number of hydrogen-bond acceptors (Lipinski definition) is 0. The van der Waals surface area contributed by atoms with Crippen molar-refractivity contribution in [2.24, 2.45) is 0 Å². The van der Waals surface area contributed by atoms with Crippen molar-refractivity contribution in [3.05, 3.63) is 22.9 Å². The van der Waals surface area contributed by atoms with E-state index in [0.29, 0.717) is 0 Å². The Morgan fingerprint density at radius 1 is 0.583 bits per heavy atom. The van der Waals surface area contributed by atoms with Crippen molar-refractivity contribution in [2.45, 2.75) is 0 Å². The highest BCUT2D eigenvalue weighted by atomic mass is 127. The summed E-state index contributed by atoms with van der Waals surface area (Å²) in [5.41, 5.74) is 0. The second-order valence-corrected chi connectivity index (χ2v) is 7.66. The predicted octanol–water partition coefficient (Wildman–Crippen LogP) is 5.36. The molecule has 1 aromatic rings. The van der Waals surface area contributed by atoms with Gasteiger partial charge in [0.1, 0.15) is 0 Å². The van der Waals surface area contributed by atoms with Crippen LogP contribution >= 0.6 is 125 Å². The van der Waals surface area contributed by atoms with Gasteiger partial charge in [-0.05, 0) is 113 Å². The first-order valence-corrected chi connectivity index (χ1v) is 8.41. The molecule has 0 N–H and O–H groups in total. The molecule has 0 atom stereocenters. The highest BCUT2D eigenvalue weighted by Crippen LogP contribution is 2.36. The van der Waals surface area contributed by atoms with Crippen molar-refractivity contribution < 1.29 is 0 Å². The van der Waals surface area contributed by atoms with Crippen molar-refractivity contribution >= 4 is 125 Å². The first-order valence-electron chi connectivity index (χ1n) is 2.63. The SMILES string of the molecule is Clc1c(I)c(I)c(I)c(I)c1I. The minimum absolute atomic E-state index is 0.880. The van der Waals surface area contributed by atoms with Crippen LogP contribution in [0.25, 0.3) is 0 Å². The molecule has 66 valence electrons. The number of halogens is 6. The molecule has 0 spiro atoms. The third kappa shape index (κ3) is 2.64. The van der Waals surface area contributed by atoms with Crippen molar-refractivity contribution in [1.29, 1.82) is 0 Å². The Kier molecular flexibility index (Phi) is 6.04. The zero-order chi connectivity index (χ0) is 9.46. The van der Waals surface area contributed by atoms with Crippen LogP contribution < -0.4 is 0 Å². The van der Waals surface area contributed by atoms with E-state index in [2.05, 4.69) is 113 Å². The van der Waals surface area contributed by atoms with E-state index in [-0.39, 0.29) is 0 Å². The van der Waals surface area contributed by atoms with Crippen LogP contribution in [-0.4, -0.2) is 0 Å². The second kappa shape index (κ2) is 5.48. The summed E-state index contributed by atoms with van der Waals surface area (Å²) in [6.45, 7) is 0. The Morgan fingerprint density at radius 2 is 0.833 bits per heavy atom. The summed E-state index contributed by atoms with van der Waals surface area (Å²) >= 11 is 17.7. The van der Waals surface area contributed by atoms with Crippen molar-refractivity contribution in [3.8, 4) is 0 Å². The summed E-state index contributed by atoms with van der Waals surface area (Å²) in [5, 5.41) is 0.880. The molecule has 0 amide bonds. The van der Waals surface area contributed by atoms with Gasteiger partial charge in [0, 0.05) is 17.9 Å². The fraction of sp³-hybridized carbons (Fsp3) is 0. The average molecular weight is 742 g/mol. The standard InChI is InChI=1S/C6ClI5/c7-1-2(8)4(10)6(12)5(11)3(1)9. The van der Waals surface area contributed by atoms with E-state index in [1.54, 1.807) is 0 Å². The molecule has 0 bridgehead atoms. The fourth-order valence-electron chi connectivity index (χ4n) is 0.578. The molecular weight excluding hydrogens is 742 g/mol. The van der Waals surface area contributed by atoms with E-state index in [1.807, 2.05) is 0 Å². The van der Waals surface area contributed by atoms with E-state index in [4.69, 9.17) is 11.6 Å². The molecule has 0 radical (unpaired) electrons. The maximum absolute atomic E-state index is 6.13. The van der Waals surface area contributed by atoms with E-state index >= 15 is 0 Å². The molecular formula is C6ClI5. The molecule has 1 aromatic carbocycles. The molecule has 0 heterocycles. The normalized spacial score (nSPS) is 10.5. The second-order valence-electron chi connectivity index (χ2n) is 1.88. The van der Waals surface area contributed by atoms with Crippen molar-refractivity contribution in [1.82, 2.24) is 0 Å². The van der Waals surface area contributed by atoms with Gasteiger partial charge in [0.15, 0.2) is 0 Å². The van der Waals surface area contributed by atoms with Crippen LogP contribution in [0.15, 0.2) is 0 Å². The number of benzene rings is 1. The lowest BCUT2D eigenvalue weighted by atomic mass is 10.4. The van der Waals surface area contributed by atoms with Gasteiger partial charge < -0.3 is 0 Å². The van der Waals surface area contributed by atoms with Crippen molar-refractivity contribution in [2.75, 3.05) is 0 Å². The first-order chi connectivity index (χ1) is 5.46. The Morgan fingerprint density at radius 3 is 1.17 bits per heavy atom. The number of rotatable bonds is 0. The minimum atomic E-state index is 0.880. The molecule has 0 aliphatic carbocycles. The zero-order valence-electron chi connectivity index (χ0n) is 5.27. The van der Waals surface area contributed by atoms with Gasteiger partial charge >= 0.3 is 0 Å². The zero-order valence-corrected chi connectivity index (χ0v) is 16.8. The van der Waals surface area contributed by atoms with Gasteiger partial charge in [0.25, 0.3) is 0 Å². The molecule has 12 heavy (non-hydrogen) atoms. The lowest BCUT2D eigenvalue weighted by molar-refractivity contribution is 1.44. The monoisotopic (exact) mass is 741 g/mol. The first kappa shape index (κ1) is 13.2. The highest BCUT2D eigenvalue weighted by molar-refractivity contribution is 14.1. The van der Waals surface area contributed by atoms with Gasteiger partial charge in [0.2, 0.25) is 0 Å². The fourth-order valence-corrected chi connectivity index (χ4v) is 5.85. The quantitative estimate of drug-likeness (QED) is 0.191. The topological polar surface area (TPSA) is 0 Å². The van der Waals surface area contributed by atoms with Crippen LogP contribution in [-0.2, 0) is 0 Å². The summed E-state index contributed by atoms with van der Waals surface area (Å²) in [7, 11) is 0. The summed E-state index contributed by atoms with van der Waals surface area (Å²) < 4.78 is 6.12. The lowest BCUT2D eigenvalue weighted by Gasteiger charge is -2.08. The molecule has 0 saturated carbocycles. The third-order valence-electron chi connectivity index (χ3n) is 1.16. The van der Waals surface area contributed by atoms with E-state index < -0.39 is 0 Å². The molecule has 0 aromatic heterocycles. The smallest absolute Gasteiger partial charge is 0.0695 e. The summed E-state index contributed by atoms with van der Waals surface area (Å²) in [6.07, 6.45) is 0. The molecule has 0 unspecified atom stereocenters. The van der Waals surface area contributed by atoms with Crippen LogP contribution in [0.4, 0.5) is 0 Å². The van der Waals surface area contributed by atoms with Gasteiger partial charge in [-0.25, -0.2) is 0 Å². The predicted molar refractivity (Wildman–Crippen MR) is 95.0 cm³/mol. The molecule has 0 saturated heterocycles. The summed E-state index contributed by atoms with van der Waals surface area (Å²) in [4.78, 5) is 0. The average Bonchev–Trinajstić information content (AvgIpc) is 2.08. The molecule has 0 aliphatic heterocycles. The van der Waals surface area contributed by atoms with E-state index in [0.717, 1.165) is 12.2 Å². The Bertz CT molecular complexity index is 230. The van der Waals surface area contributed by atoms with Crippen LogP contribution in [0.5, 0.6) is 0 Å². The maximum Gasteiger partial charge on any atom is 0.0695 e. The Balaban J connectivity index is 3.60. The van der Waals surface area contributed by atoms with Gasteiger partial charge in [0.05, 0.1) is 5.02 Å². The van der Waals surface area contributed by atoms with Crippen LogP contribution in [0, 0.1) is 17.9 Å².